The lowest BCUT2D eigenvalue weighted by Gasteiger charge is -2.16. The van der Waals surface area contributed by atoms with Gasteiger partial charge in [-0.2, -0.15) is 11.3 Å². The van der Waals surface area contributed by atoms with Crippen molar-refractivity contribution in [2.75, 3.05) is 0 Å². The first-order valence-electron chi connectivity index (χ1n) is 8.16. The van der Waals surface area contributed by atoms with Gasteiger partial charge in [0, 0.05) is 16.5 Å². The lowest BCUT2D eigenvalue weighted by Crippen LogP contribution is -2.25. The fourth-order valence-electron chi connectivity index (χ4n) is 2.91. The minimum absolute atomic E-state index is 0.143. The van der Waals surface area contributed by atoms with E-state index < -0.39 is 0 Å². The van der Waals surface area contributed by atoms with Gasteiger partial charge in [-0.1, -0.05) is 72.3 Å². The van der Waals surface area contributed by atoms with Crippen molar-refractivity contribution >= 4 is 22.9 Å². The molecule has 0 spiro atoms. The summed E-state index contributed by atoms with van der Waals surface area (Å²) in [4.78, 5) is 17.7. The van der Waals surface area contributed by atoms with E-state index in [-0.39, 0.29) is 5.56 Å². The molecule has 0 saturated carbocycles. The number of nitrogens with zero attached hydrogens (tertiary/aromatic N) is 2. The minimum Gasteiger partial charge on any atom is -0.299 e. The Kier molecular flexibility index (Phi) is 4.69. The number of hydrogen-bond donors (Lipinski definition) is 0. The molecule has 0 aliphatic rings. The van der Waals surface area contributed by atoms with Crippen LogP contribution < -0.4 is 5.56 Å². The molecule has 0 unspecified atom stereocenters. The van der Waals surface area contributed by atoms with Crippen molar-refractivity contribution < 1.29 is 0 Å². The van der Waals surface area contributed by atoms with E-state index in [2.05, 4.69) is 4.98 Å². The molecule has 0 bridgehead atoms. The normalized spacial score (nSPS) is 10.8. The van der Waals surface area contributed by atoms with Gasteiger partial charge in [0.05, 0.1) is 12.2 Å². The molecule has 26 heavy (non-hydrogen) atoms. The number of halogens is 1. The highest BCUT2D eigenvalue weighted by Crippen LogP contribution is 2.28. The Morgan fingerprint density at radius 1 is 0.923 bits per heavy atom. The smallest absolute Gasteiger partial charge is 0.278 e. The molecular weight excluding hydrogens is 364 g/mol. The van der Waals surface area contributed by atoms with Crippen LogP contribution in [0.25, 0.3) is 22.5 Å². The maximum Gasteiger partial charge on any atom is 0.278 e. The average Bonchev–Trinajstić information content (AvgIpc) is 3.20. The Bertz CT molecular complexity index is 1070. The predicted octanol–water partition coefficient (Wildman–Crippen LogP) is 5.34. The summed E-state index contributed by atoms with van der Waals surface area (Å²) in [5.41, 5.74) is 3.58. The largest absolute Gasteiger partial charge is 0.299 e. The second-order valence-corrected chi connectivity index (χ2v) is 6.99. The van der Waals surface area contributed by atoms with Gasteiger partial charge in [0.15, 0.2) is 5.15 Å². The SMILES string of the molecule is O=c1c(-c2ccsc2)nc(Cl)c(-c2ccccc2)n1Cc1ccccc1. The standard InChI is InChI=1S/C21H15ClN2OS/c22-20-19(16-9-5-2-6-10-16)24(13-15-7-3-1-4-8-15)21(25)18(23-20)17-11-12-26-14-17/h1-12,14H,13H2. The summed E-state index contributed by atoms with van der Waals surface area (Å²) in [6, 6.07) is 21.4. The summed E-state index contributed by atoms with van der Waals surface area (Å²) >= 11 is 8.08. The van der Waals surface area contributed by atoms with Crippen LogP contribution >= 0.6 is 22.9 Å². The highest BCUT2D eigenvalue weighted by atomic mass is 35.5. The van der Waals surface area contributed by atoms with Gasteiger partial charge in [0.1, 0.15) is 5.69 Å². The third-order valence-corrected chi connectivity index (χ3v) is 5.10. The van der Waals surface area contributed by atoms with Gasteiger partial charge in [-0.25, -0.2) is 4.98 Å². The van der Waals surface area contributed by atoms with Crippen LogP contribution in [0.3, 0.4) is 0 Å². The average molecular weight is 379 g/mol. The van der Waals surface area contributed by atoms with E-state index in [1.54, 1.807) is 4.57 Å². The first kappa shape index (κ1) is 16.8. The molecular formula is C21H15ClN2OS. The first-order chi connectivity index (χ1) is 12.7. The van der Waals surface area contributed by atoms with Crippen molar-refractivity contribution in [3.05, 3.63) is 98.6 Å². The van der Waals surface area contributed by atoms with E-state index in [4.69, 9.17) is 11.6 Å². The Labute approximate surface area is 160 Å². The van der Waals surface area contributed by atoms with Gasteiger partial charge in [-0.3, -0.25) is 9.36 Å². The van der Waals surface area contributed by atoms with Gasteiger partial charge in [-0.05, 0) is 17.0 Å². The fourth-order valence-corrected chi connectivity index (χ4v) is 3.85. The molecule has 2 aromatic carbocycles. The zero-order valence-electron chi connectivity index (χ0n) is 13.8. The zero-order chi connectivity index (χ0) is 17.9. The van der Waals surface area contributed by atoms with E-state index >= 15 is 0 Å². The van der Waals surface area contributed by atoms with Crippen LogP contribution in [0.1, 0.15) is 5.56 Å². The number of benzene rings is 2. The maximum absolute atomic E-state index is 13.3. The van der Waals surface area contributed by atoms with Crippen LogP contribution in [-0.4, -0.2) is 9.55 Å². The molecule has 4 rings (SSSR count). The highest BCUT2D eigenvalue weighted by Gasteiger charge is 2.18. The number of rotatable bonds is 4. The van der Waals surface area contributed by atoms with E-state index in [1.165, 1.54) is 11.3 Å². The molecule has 0 aliphatic heterocycles. The number of thiophene rings is 1. The van der Waals surface area contributed by atoms with Crippen molar-refractivity contribution in [1.82, 2.24) is 9.55 Å². The summed E-state index contributed by atoms with van der Waals surface area (Å²) in [5.74, 6) is 0. The summed E-state index contributed by atoms with van der Waals surface area (Å²) in [6.45, 7) is 0.434. The van der Waals surface area contributed by atoms with Crippen LogP contribution in [0.5, 0.6) is 0 Å². The van der Waals surface area contributed by atoms with Crippen LogP contribution in [0, 0.1) is 0 Å². The molecule has 0 fully saturated rings. The summed E-state index contributed by atoms with van der Waals surface area (Å²) in [6.07, 6.45) is 0. The molecule has 0 aliphatic carbocycles. The Hall–Kier alpha value is -2.69. The van der Waals surface area contributed by atoms with E-state index in [9.17, 15) is 4.79 Å². The first-order valence-corrected chi connectivity index (χ1v) is 9.48. The molecule has 0 saturated heterocycles. The van der Waals surface area contributed by atoms with Crippen molar-refractivity contribution in [1.29, 1.82) is 0 Å². The Morgan fingerprint density at radius 3 is 2.27 bits per heavy atom. The van der Waals surface area contributed by atoms with Crippen molar-refractivity contribution in [3.63, 3.8) is 0 Å². The van der Waals surface area contributed by atoms with E-state index in [0.29, 0.717) is 23.1 Å². The molecule has 2 aromatic heterocycles. The van der Waals surface area contributed by atoms with E-state index in [1.807, 2.05) is 77.5 Å². The van der Waals surface area contributed by atoms with Crippen LogP contribution in [-0.2, 0) is 6.54 Å². The van der Waals surface area contributed by atoms with E-state index in [0.717, 1.165) is 16.7 Å². The molecule has 2 heterocycles. The zero-order valence-corrected chi connectivity index (χ0v) is 15.4. The van der Waals surface area contributed by atoms with Crippen LogP contribution in [0.2, 0.25) is 5.15 Å². The van der Waals surface area contributed by atoms with Crippen molar-refractivity contribution in [2.45, 2.75) is 6.54 Å². The predicted molar refractivity (Wildman–Crippen MR) is 108 cm³/mol. The van der Waals surface area contributed by atoms with Gasteiger partial charge < -0.3 is 0 Å². The number of hydrogen-bond acceptors (Lipinski definition) is 3. The maximum atomic E-state index is 13.3. The van der Waals surface area contributed by atoms with Crippen LogP contribution in [0.4, 0.5) is 0 Å². The molecule has 128 valence electrons. The minimum atomic E-state index is -0.143. The molecule has 0 amide bonds. The Balaban J connectivity index is 1.96. The van der Waals surface area contributed by atoms with Crippen LogP contribution in [0.15, 0.2) is 82.3 Å². The van der Waals surface area contributed by atoms with Gasteiger partial charge in [-0.15, -0.1) is 0 Å². The topological polar surface area (TPSA) is 34.9 Å². The lowest BCUT2D eigenvalue weighted by molar-refractivity contribution is 0.761. The second-order valence-electron chi connectivity index (χ2n) is 5.85. The third-order valence-electron chi connectivity index (χ3n) is 4.15. The monoisotopic (exact) mass is 378 g/mol. The molecule has 0 radical (unpaired) electrons. The van der Waals surface area contributed by atoms with Gasteiger partial charge in [0.25, 0.3) is 5.56 Å². The van der Waals surface area contributed by atoms with Crippen molar-refractivity contribution in [2.24, 2.45) is 0 Å². The fraction of sp³-hybridized carbons (Fsp3) is 0.0476. The Morgan fingerprint density at radius 2 is 1.62 bits per heavy atom. The van der Waals surface area contributed by atoms with Gasteiger partial charge >= 0.3 is 0 Å². The second kappa shape index (κ2) is 7.28. The van der Waals surface area contributed by atoms with Crippen molar-refractivity contribution in [3.8, 4) is 22.5 Å². The molecule has 5 heteroatoms. The summed E-state index contributed by atoms with van der Waals surface area (Å²) in [7, 11) is 0. The molecule has 0 atom stereocenters. The summed E-state index contributed by atoms with van der Waals surface area (Å²) < 4.78 is 1.72. The molecule has 4 aromatic rings. The third kappa shape index (κ3) is 3.21. The summed E-state index contributed by atoms with van der Waals surface area (Å²) in [5, 5.41) is 4.17. The molecule has 3 nitrogen and oxygen atoms in total. The quantitative estimate of drug-likeness (QED) is 0.480. The molecule has 0 N–H and O–H groups in total. The highest BCUT2D eigenvalue weighted by molar-refractivity contribution is 7.08. The van der Waals surface area contributed by atoms with Gasteiger partial charge in [0.2, 0.25) is 0 Å². The number of aromatic nitrogens is 2. The lowest BCUT2D eigenvalue weighted by atomic mass is 10.1.